The third-order valence-corrected chi connectivity index (χ3v) is 7.21. The van der Waals surface area contributed by atoms with Crippen molar-refractivity contribution < 1.29 is 17.6 Å². The van der Waals surface area contributed by atoms with Gasteiger partial charge >= 0.3 is 0 Å². The number of benzene rings is 1. The van der Waals surface area contributed by atoms with Gasteiger partial charge in [-0.15, -0.1) is 11.3 Å². The Hall–Kier alpha value is -1.77. The van der Waals surface area contributed by atoms with Crippen molar-refractivity contribution in [1.82, 2.24) is 10.0 Å². The molecule has 1 aliphatic rings. The van der Waals surface area contributed by atoms with Crippen LogP contribution < -0.4 is 10.0 Å². The minimum Gasteiger partial charge on any atom is -0.345 e. The molecule has 1 aliphatic carbocycles. The van der Waals surface area contributed by atoms with Crippen molar-refractivity contribution in [3.63, 3.8) is 0 Å². The number of rotatable bonds is 6. The lowest BCUT2D eigenvalue weighted by molar-refractivity contribution is -0.122. The highest BCUT2D eigenvalue weighted by Crippen LogP contribution is 2.38. The molecule has 0 spiro atoms. The number of nitrogens with one attached hydrogen (secondary N) is 2. The summed E-state index contributed by atoms with van der Waals surface area (Å²) in [7, 11) is -3.68. The van der Waals surface area contributed by atoms with Gasteiger partial charge in [0, 0.05) is 0 Å². The molecule has 1 aromatic heterocycles. The standard InChI is InChI=1S/C17H19FN2O3S2/c18-14-7-5-13(6-8-14)17(9-1-2-10-17)20-15(21)12-19-25(22,23)16-4-3-11-24-16/h3-8,11,19H,1-2,9-10,12H2,(H,20,21). The molecule has 3 rings (SSSR count). The summed E-state index contributed by atoms with van der Waals surface area (Å²) in [5.41, 5.74) is 0.292. The second-order valence-corrected chi connectivity index (χ2v) is 9.04. The molecular formula is C17H19FN2O3S2. The SMILES string of the molecule is O=C(CNS(=O)(=O)c1cccs1)NC1(c2ccc(F)cc2)CCCC1. The third-order valence-electron chi connectivity index (χ3n) is 4.42. The van der Waals surface area contributed by atoms with E-state index in [4.69, 9.17) is 0 Å². The van der Waals surface area contributed by atoms with Crippen LogP contribution in [-0.4, -0.2) is 20.9 Å². The first-order chi connectivity index (χ1) is 11.9. The van der Waals surface area contributed by atoms with Gasteiger partial charge in [0.05, 0.1) is 12.1 Å². The van der Waals surface area contributed by atoms with Gasteiger partial charge < -0.3 is 5.32 Å². The molecule has 8 heteroatoms. The van der Waals surface area contributed by atoms with Crippen LogP contribution in [0.2, 0.25) is 0 Å². The van der Waals surface area contributed by atoms with Crippen molar-refractivity contribution in [3.8, 4) is 0 Å². The number of sulfonamides is 1. The van der Waals surface area contributed by atoms with Crippen molar-refractivity contribution in [2.24, 2.45) is 0 Å². The van der Waals surface area contributed by atoms with Gasteiger partial charge in [-0.05, 0) is 42.0 Å². The molecule has 0 unspecified atom stereocenters. The molecule has 134 valence electrons. The van der Waals surface area contributed by atoms with E-state index in [1.807, 2.05) is 0 Å². The first kappa shape index (κ1) is 18.0. The van der Waals surface area contributed by atoms with Crippen LogP contribution in [0.5, 0.6) is 0 Å². The quantitative estimate of drug-likeness (QED) is 0.807. The zero-order valence-electron chi connectivity index (χ0n) is 13.5. The Morgan fingerprint density at radius 1 is 1.16 bits per heavy atom. The Balaban J connectivity index is 1.68. The Labute approximate surface area is 150 Å². The van der Waals surface area contributed by atoms with Crippen molar-refractivity contribution in [1.29, 1.82) is 0 Å². The maximum absolute atomic E-state index is 13.2. The molecule has 0 radical (unpaired) electrons. The third kappa shape index (κ3) is 4.08. The summed E-state index contributed by atoms with van der Waals surface area (Å²) < 4.78 is 39.9. The van der Waals surface area contributed by atoms with Crippen molar-refractivity contribution in [3.05, 3.63) is 53.2 Å². The van der Waals surface area contributed by atoms with Crippen LogP contribution in [0.15, 0.2) is 46.0 Å². The number of carbonyl (C=O) groups excluding carboxylic acids is 1. The van der Waals surface area contributed by atoms with E-state index in [0.717, 1.165) is 42.6 Å². The fourth-order valence-corrected chi connectivity index (χ4v) is 5.21. The molecule has 1 fully saturated rings. The summed E-state index contributed by atoms with van der Waals surface area (Å²) in [6.45, 7) is -0.330. The maximum Gasteiger partial charge on any atom is 0.250 e. The number of halogens is 1. The largest absolute Gasteiger partial charge is 0.345 e. The highest BCUT2D eigenvalue weighted by molar-refractivity contribution is 7.91. The average molecular weight is 382 g/mol. The summed E-state index contributed by atoms with van der Waals surface area (Å²) in [4.78, 5) is 12.4. The van der Waals surface area contributed by atoms with Crippen LogP contribution in [-0.2, 0) is 20.4 Å². The Kier molecular flexibility index (Phi) is 5.21. The number of hydrogen-bond donors (Lipinski definition) is 2. The van der Waals surface area contributed by atoms with Gasteiger partial charge in [-0.3, -0.25) is 4.79 Å². The van der Waals surface area contributed by atoms with E-state index < -0.39 is 21.5 Å². The molecule has 1 heterocycles. The Morgan fingerprint density at radius 2 is 1.84 bits per heavy atom. The fraction of sp³-hybridized carbons (Fsp3) is 0.353. The highest BCUT2D eigenvalue weighted by Gasteiger charge is 2.37. The van der Waals surface area contributed by atoms with Crippen LogP contribution >= 0.6 is 11.3 Å². The van der Waals surface area contributed by atoms with E-state index in [9.17, 15) is 17.6 Å². The zero-order valence-corrected chi connectivity index (χ0v) is 15.1. The molecule has 1 saturated carbocycles. The minimum atomic E-state index is -3.68. The van der Waals surface area contributed by atoms with Crippen LogP contribution in [0.3, 0.4) is 0 Å². The summed E-state index contributed by atoms with van der Waals surface area (Å²) in [6, 6.07) is 9.23. The smallest absolute Gasteiger partial charge is 0.250 e. The summed E-state index contributed by atoms with van der Waals surface area (Å²) in [5, 5.41) is 4.62. The van der Waals surface area contributed by atoms with Crippen molar-refractivity contribution in [2.75, 3.05) is 6.54 Å². The van der Waals surface area contributed by atoms with Gasteiger partial charge in [0.2, 0.25) is 5.91 Å². The first-order valence-electron chi connectivity index (χ1n) is 8.02. The molecule has 2 aromatic rings. The van der Waals surface area contributed by atoms with Crippen LogP contribution in [0.1, 0.15) is 31.2 Å². The maximum atomic E-state index is 13.2. The zero-order chi connectivity index (χ0) is 17.9. The van der Waals surface area contributed by atoms with Gasteiger partial charge in [0.25, 0.3) is 10.0 Å². The van der Waals surface area contributed by atoms with E-state index in [2.05, 4.69) is 10.0 Å². The molecule has 5 nitrogen and oxygen atoms in total. The normalized spacial score (nSPS) is 16.7. The van der Waals surface area contributed by atoms with E-state index >= 15 is 0 Å². The second-order valence-electron chi connectivity index (χ2n) is 6.10. The van der Waals surface area contributed by atoms with Gasteiger partial charge in [0.1, 0.15) is 10.0 Å². The molecule has 0 bridgehead atoms. The summed E-state index contributed by atoms with van der Waals surface area (Å²) in [5.74, 6) is -0.724. The lowest BCUT2D eigenvalue weighted by atomic mass is 9.88. The summed E-state index contributed by atoms with van der Waals surface area (Å²) >= 11 is 1.09. The topological polar surface area (TPSA) is 75.3 Å². The lowest BCUT2D eigenvalue weighted by Gasteiger charge is -2.31. The number of carbonyl (C=O) groups is 1. The highest BCUT2D eigenvalue weighted by atomic mass is 32.2. The molecule has 1 aromatic carbocycles. The van der Waals surface area contributed by atoms with E-state index in [0.29, 0.717) is 0 Å². The molecule has 1 amide bonds. The Bertz CT molecular complexity index is 827. The fourth-order valence-electron chi connectivity index (χ4n) is 3.19. The number of thiophene rings is 1. The number of amides is 1. The number of hydrogen-bond acceptors (Lipinski definition) is 4. The van der Waals surface area contributed by atoms with E-state index in [-0.39, 0.29) is 16.6 Å². The van der Waals surface area contributed by atoms with Gasteiger partial charge in [-0.2, -0.15) is 0 Å². The van der Waals surface area contributed by atoms with Crippen molar-refractivity contribution in [2.45, 2.75) is 35.4 Å². The van der Waals surface area contributed by atoms with Gasteiger partial charge in [0.15, 0.2) is 0 Å². The van der Waals surface area contributed by atoms with Crippen LogP contribution in [0, 0.1) is 5.82 Å². The predicted molar refractivity (Wildman–Crippen MR) is 94.2 cm³/mol. The van der Waals surface area contributed by atoms with E-state index in [1.165, 1.54) is 18.2 Å². The average Bonchev–Trinajstić information content (AvgIpc) is 3.26. The molecule has 0 atom stereocenters. The van der Waals surface area contributed by atoms with Gasteiger partial charge in [-0.25, -0.2) is 17.5 Å². The van der Waals surface area contributed by atoms with Crippen LogP contribution in [0.4, 0.5) is 4.39 Å². The molecule has 2 N–H and O–H groups in total. The molecular weight excluding hydrogens is 363 g/mol. The molecule has 0 saturated heterocycles. The second kappa shape index (κ2) is 7.23. The summed E-state index contributed by atoms with van der Waals surface area (Å²) in [6.07, 6.45) is 3.42. The Morgan fingerprint density at radius 3 is 2.44 bits per heavy atom. The molecule has 0 aliphatic heterocycles. The lowest BCUT2D eigenvalue weighted by Crippen LogP contribution is -2.47. The minimum absolute atomic E-state index is 0.175. The monoisotopic (exact) mass is 382 g/mol. The first-order valence-corrected chi connectivity index (χ1v) is 10.4. The molecule has 25 heavy (non-hydrogen) atoms. The van der Waals surface area contributed by atoms with Crippen molar-refractivity contribution >= 4 is 27.3 Å². The van der Waals surface area contributed by atoms with Crippen LogP contribution in [0.25, 0.3) is 0 Å². The van der Waals surface area contributed by atoms with Gasteiger partial charge in [-0.1, -0.05) is 31.0 Å². The van der Waals surface area contributed by atoms with E-state index in [1.54, 1.807) is 23.6 Å². The predicted octanol–water partition coefficient (Wildman–Crippen LogP) is 2.75.